The van der Waals surface area contributed by atoms with Gasteiger partial charge in [0.15, 0.2) is 5.82 Å². The first-order chi connectivity index (χ1) is 18.6. The Morgan fingerprint density at radius 3 is 2.34 bits per heavy atom. The van der Waals surface area contributed by atoms with Crippen molar-refractivity contribution in [2.75, 3.05) is 6.61 Å². The molecule has 1 aromatic heterocycles. The molecule has 2 heterocycles. The average molecular weight is 530 g/mol. The third kappa shape index (κ3) is 7.45. The normalized spacial score (nSPS) is 19.4. The third-order valence-corrected chi connectivity index (χ3v) is 6.99. The molecule has 1 aliphatic heterocycles. The van der Waals surface area contributed by atoms with Gasteiger partial charge < -0.3 is 14.2 Å². The Hall–Kier alpha value is -3.16. The van der Waals surface area contributed by atoms with Crippen molar-refractivity contribution in [1.29, 1.82) is 0 Å². The lowest BCUT2D eigenvalue weighted by Crippen LogP contribution is -2.35. The molecule has 3 atom stereocenters. The van der Waals surface area contributed by atoms with Gasteiger partial charge in [0.05, 0.1) is 50.0 Å². The average Bonchev–Trinajstić information content (AvgIpc) is 2.95. The first-order valence-electron chi connectivity index (χ1n) is 13.0. The van der Waals surface area contributed by atoms with Crippen molar-refractivity contribution in [2.45, 2.75) is 57.7 Å². The number of ether oxygens (including phenoxy) is 3. The minimum atomic E-state index is -0.136. The van der Waals surface area contributed by atoms with Crippen molar-refractivity contribution in [2.24, 2.45) is 0 Å². The van der Waals surface area contributed by atoms with Crippen LogP contribution in [-0.2, 0) is 33.8 Å². The molecule has 3 aromatic carbocycles. The predicted molar refractivity (Wildman–Crippen MR) is 147 cm³/mol. The summed E-state index contributed by atoms with van der Waals surface area (Å²) in [5.41, 5.74) is 5.10. The molecular weight excluding hydrogens is 498 g/mol. The topological polar surface area (TPSA) is 66.4 Å². The van der Waals surface area contributed by atoms with Gasteiger partial charge in [0, 0.05) is 24.3 Å². The van der Waals surface area contributed by atoms with Gasteiger partial charge >= 0.3 is 0 Å². The maximum Gasteiger partial charge on any atom is 0.155 e. The molecule has 196 valence electrons. The minimum absolute atomic E-state index is 0.0445. The highest BCUT2D eigenvalue weighted by atomic mass is 35.5. The van der Waals surface area contributed by atoms with Gasteiger partial charge in [-0.05, 0) is 35.2 Å². The number of hydrogen-bond donors (Lipinski definition) is 0. The second-order valence-electron chi connectivity index (χ2n) is 9.68. The zero-order chi connectivity index (χ0) is 26.2. The van der Waals surface area contributed by atoms with Crippen LogP contribution in [0.2, 0.25) is 5.02 Å². The van der Waals surface area contributed by atoms with Crippen molar-refractivity contribution >= 4 is 11.6 Å². The Morgan fingerprint density at radius 1 is 0.895 bits per heavy atom. The van der Waals surface area contributed by atoms with Crippen LogP contribution in [0.5, 0.6) is 0 Å². The zero-order valence-electron chi connectivity index (χ0n) is 21.5. The molecule has 38 heavy (non-hydrogen) atoms. The quantitative estimate of drug-likeness (QED) is 0.235. The molecule has 1 saturated heterocycles. The summed E-state index contributed by atoms with van der Waals surface area (Å²) in [7, 11) is 0. The van der Waals surface area contributed by atoms with E-state index in [2.05, 4.69) is 45.5 Å². The van der Waals surface area contributed by atoms with Crippen LogP contribution in [0.3, 0.4) is 0 Å². The number of aryl methyl sites for hydroxylation is 1. The molecule has 0 amide bonds. The molecule has 5 rings (SSSR count). The fraction of sp³-hybridized carbons (Fsp3) is 0.323. The molecule has 0 radical (unpaired) electrons. The smallest absolute Gasteiger partial charge is 0.155 e. The molecule has 0 spiro atoms. The fourth-order valence-electron chi connectivity index (χ4n) is 4.64. The van der Waals surface area contributed by atoms with E-state index in [-0.39, 0.29) is 18.3 Å². The van der Waals surface area contributed by atoms with E-state index in [1.165, 1.54) is 0 Å². The van der Waals surface area contributed by atoms with Crippen LogP contribution in [0.15, 0.2) is 85.1 Å². The van der Waals surface area contributed by atoms with E-state index in [1.807, 2.05) is 55.5 Å². The van der Waals surface area contributed by atoms with Crippen LogP contribution in [0.25, 0.3) is 0 Å². The van der Waals surface area contributed by atoms with E-state index < -0.39 is 0 Å². The van der Waals surface area contributed by atoms with E-state index in [1.54, 1.807) is 6.20 Å². The monoisotopic (exact) mass is 529 g/mol. The highest BCUT2D eigenvalue weighted by Gasteiger charge is 2.31. The molecule has 1 aliphatic rings. The number of halogens is 1. The van der Waals surface area contributed by atoms with Crippen molar-refractivity contribution in [3.05, 3.63) is 124 Å². The van der Waals surface area contributed by atoms with Crippen LogP contribution in [0.4, 0.5) is 0 Å². The Balaban J connectivity index is 1.29. The van der Waals surface area contributed by atoms with Gasteiger partial charge in [-0.2, -0.15) is 5.10 Å². The lowest BCUT2D eigenvalue weighted by molar-refractivity contribution is -0.142. The first kappa shape index (κ1) is 26.4. The van der Waals surface area contributed by atoms with Crippen LogP contribution in [0, 0.1) is 6.92 Å². The Kier molecular flexibility index (Phi) is 9.10. The fourth-order valence-corrected chi connectivity index (χ4v) is 4.82. The van der Waals surface area contributed by atoms with E-state index in [0.29, 0.717) is 37.1 Å². The van der Waals surface area contributed by atoms with E-state index in [4.69, 9.17) is 25.8 Å². The first-order valence-corrected chi connectivity index (χ1v) is 13.4. The largest absolute Gasteiger partial charge is 0.374 e. The van der Waals surface area contributed by atoms with Gasteiger partial charge in [0.1, 0.15) is 0 Å². The van der Waals surface area contributed by atoms with E-state index in [0.717, 1.165) is 40.8 Å². The van der Waals surface area contributed by atoms with Gasteiger partial charge in [0.25, 0.3) is 0 Å². The molecule has 6 nitrogen and oxygen atoms in total. The summed E-state index contributed by atoms with van der Waals surface area (Å²) in [6.45, 7) is 3.49. The van der Waals surface area contributed by atoms with Crippen LogP contribution in [-0.4, -0.2) is 34.0 Å². The summed E-state index contributed by atoms with van der Waals surface area (Å²) in [5, 5.41) is 9.00. The Bertz CT molecular complexity index is 1290. The molecule has 7 heteroatoms. The molecule has 0 aliphatic carbocycles. The van der Waals surface area contributed by atoms with Gasteiger partial charge in [0.2, 0.25) is 0 Å². The molecule has 0 bridgehead atoms. The van der Waals surface area contributed by atoms with E-state index in [9.17, 15) is 0 Å². The van der Waals surface area contributed by atoms with E-state index >= 15 is 0 Å². The standard InChI is InChI=1S/C31H32ClN3O3/c1-22-18-33-31(35-34-22)15-26-14-25(12-13-29(26)32)30-17-27(37-20-24-10-6-3-7-11-24)16-28(38-30)21-36-19-23-8-4-2-5-9-23/h2-14,18,27-28,30H,15-17,19-21H2,1H3. The molecule has 1 fully saturated rings. The number of nitrogens with zero attached hydrogens (tertiary/aromatic N) is 3. The van der Waals surface area contributed by atoms with Crippen LogP contribution in [0.1, 0.15) is 52.7 Å². The van der Waals surface area contributed by atoms with Gasteiger partial charge in [-0.1, -0.05) is 84.4 Å². The van der Waals surface area contributed by atoms with Crippen molar-refractivity contribution in [3.8, 4) is 0 Å². The summed E-state index contributed by atoms with van der Waals surface area (Å²) in [6, 6.07) is 26.5. The lowest BCUT2D eigenvalue weighted by Gasteiger charge is -2.36. The van der Waals surface area contributed by atoms with Crippen molar-refractivity contribution in [1.82, 2.24) is 15.2 Å². The SMILES string of the molecule is Cc1cnc(Cc2cc(C3CC(OCc4ccccc4)CC(COCc4ccccc4)O3)ccc2Cl)nn1. The van der Waals surface area contributed by atoms with Crippen molar-refractivity contribution < 1.29 is 14.2 Å². The van der Waals surface area contributed by atoms with Crippen LogP contribution < -0.4 is 0 Å². The highest BCUT2D eigenvalue weighted by molar-refractivity contribution is 6.31. The number of aromatic nitrogens is 3. The molecule has 0 saturated carbocycles. The molecule has 4 aromatic rings. The maximum absolute atomic E-state index is 6.56. The number of rotatable bonds is 10. The lowest BCUT2D eigenvalue weighted by atomic mass is 9.94. The Morgan fingerprint density at radius 2 is 1.63 bits per heavy atom. The third-order valence-electron chi connectivity index (χ3n) is 6.62. The minimum Gasteiger partial charge on any atom is -0.374 e. The van der Waals surface area contributed by atoms with Crippen molar-refractivity contribution in [3.63, 3.8) is 0 Å². The highest BCUT2D eigenvalue weighted by Crippen LogP contribution is 2.35. The second kappa shape index (κ2) is 13.1. The van der Waals surface area contributed by atoms with Crippen LogP contribution >= 0.6 is 11.6 Å². The second-order valence-corrected chi connectivity index (χ2v) is 10.1. The van der Waals surface area contributed by atoms with Gasteiger partial charge in [-0.15, -0.1) is 5.10 Å². The summed E-state index contributed by atoms with van der Waals surface area (Å²) in [4.78, 5) is 4.39. The number of benzene rings is 3. The predicted octanol–water partition coefficient (Wildman–Crippen LogP) is 6.45. The maximum atomic E-state index is 6.56. The van der Waals surface area contributed by atoms with Gasteiger partial charge in [-0.3, -0.25) is 0 Å². The zero-order valence-corrected chi connectivity index (χ0v) is 22.3. The molecular formula is C31H32ClN3O3. The van der Waals surface area contributed by atoms with Gasteiger partial charge in [-0.25, -0.2) is 4.98 Å². The molecule has 3 unspecified atom stereocenters. The summed E-state index contributed by atoms with van der Waals surface area (Å²) >= 11 is 6.56. The molecule has 0 N–H and O–H groups in total. The Labute approximate surface area is 229 Å². The summed E-state index contributed by atoms with van der Waals surface area (Å²) in [5.74, 6) is 0.635. The summed E-state index contributed by atoms with van der Waals surface area (Å²) in [6.07, 6.45) is 3.59. The number of hydrogen-bond acceptors (Lipinski definition) is 6. The summed E-state index contributed by atoms with van der Waals surface area (Å²) < 4.78 is 19.0.